The molecule has 0 aromatic carbocycles. The molecule has 0 aliphatic rings. The molecule has 15 heavy (non-hydrogen) atoms. The summed E-state index contributed by atoms with van der Waals surface area (Å²) >= 11 is 6.23. The van der Waals surface area contributed by atoms with E-state index in [1.807, 2.05) is 0 Å². The zero-order valence-electron chi connectivity index (χ0n) is 8.13. The van der Waals surface area contributed by atoms with Crippen molar-refractivity contribution in [3.05, 3.63) is 11.8 Å². The van der Waals surface area contributed by atoms with Crippen LogP contribution in [-0.4, -0.2) is 27.6 Å². The second-order valence-electron chi connectivity index (χ2n) is 2.79. The minimum atomic E-state index is -1.11. The number of carbonyl (C=O) groups is 2. The Labute approximate surface area is 105 Å². The molecule has 86 valence electrons. The van der Waals surface area contributed by atoms with E-state index in [4.69, 9.17) is 5.11 Å². The number of unbranched alkanes of at least 4 members (excludes halogenated alkanes) is 2. The highest BCUT2D eigenvalue weighted by Gasteiger charge is 2.09. The van der Waals surface area contributed by atoms with Gasteiger partial charge >= 0.3 is 5.97 Å². The second-order valence-corrected chi connectivity index (χ2v) is 4.14. The number of allylic oxidation sites excluding steroid dienone is 1. The van der Waals surface area contributed by atoms with Crippen molar-refractivity contribution in [1.82, 2.24) is 5.32 Å². The number of nitrogens with one attached hydrogen (secondary N) is 1. The molecular weight excluding hydrogens is 330 g/mol. The predicted octanol–water partition coefficient (Wildman–Crippen LogP) is 2.03. The molecular formula is C9H13Br2NO3. The highest BCUT2D eigenvalue weighted by atomic mass is 79.9. The lowest BCUT2D eigenvalue weighted by molar-refractivity contribution is -0.134. The van der Waals surface area contributed by atoms with Gasteiger partial charge < -0.3 is 10.4 Å². The molecule has 0 radical (unpaired) electrons. The number of alkyl halides is 2. The van der Waals surface area contributed by atoms with Crippen molar-refractivity contribution in [2.24, 2.45) is 0 Å². The maximum atomic E-state index is 10.9. The van der Waals surface area contributed by atoms with Crippen LogP contribution in [0.15, 0.2) is 11.8 Å². The van der Waals surface area contributed by atoms with Crippen LogP contribution in [0.1, 0.15) is 19.3 Å². The van der Waals surface area contributed by atoms with E-state index in [1.165, 1.54) is 6.08 Å². The summed E-state index contributed by atoms with van der Waals surface area (Å²) in [7, 11) is 0. The Morgan fingerprint density at radius 3 is 2.40 bits per heavy atom. The molecule has 0 atom stereocenters. The van der Waals surface area contributed by atoms with Gasteiger partial charge in [0.2, 0.25) is 5.91 Å². The van der Waals surface area contributed by atoms with E-state index in [1.54, 1.807) is 0 Å². The van der Waals surface area contributed by atoms with Crippen molar-refractivity contribution >= 4 is 43.7 Å². The van der Waals surface area contributed by atoms with Crippen molar-refractivity contribution < 1.29 is 14.7 Å². The third-order valence-electron chi connectivity index (χ3n) is 1.56. The van der Waals surface area contributed by atoms with Gasteiger partial charge in [-0.3, -0.25) is 4.79 Å². The Morgan fingerprint density at radius 2 is 1.93 bits per heavy atom. The topological polar surface area (TPSA) is 66.4 Å². The summed E-state index contributed by atoms with van der Waals surface area (Å²) in [5.41, 5.74) is -0.0472. The zero-order valence-corrected chi connectivity index (χ0v) is 11.3. The number of carboxylic acid groups (broad SMARTS) is 1. The molecule has 2 N–H and O–H groups in total. The van der Waals surface area contributed by atoms with Gasteiger partial charge in [0.05, 0.1) is 5.33 Å². The van der Waals surface area contributed by atoms with Crippen LogP contribution < -0.4 is 5.32 Å². The van der Waals surface area contributed by atoms with Crippen LogP contribution in [-0.2, 0) is 9.59 Å². The molecule has 0 fully saturated rings. The molecule has 0 spiro atoms. The van der Waals surface area contributed by atoms with Gasteiger partial charge in [-0.1, -0.05) is 37.9 Å². The lowest BCUT2D eigenvalue weighted by atomic mass is 10.2. The SMILES string of the molecule is O=C(CBr)N/C(=C\CCCCBr)C(=O)O. The minimum Gasteiger partial charge on any atom is -0.477 e. The van der Waals surface area contributed by atoms with Crippen molar-refractivity contribution in [3.63, 3.8) is 0 Å². The Kier molecular flexibility index (Phi) is 8.70. The molecule has 0 aromatic rings. The first kappa shape index (κ1) is 14.6. The Bertz CT molecular complexity index is 254. The fourth-order valence-electron chi connectivity index (χ4n) is 0.861. The first-order chi connectivity index (χ1) is 7.11. The van der Waals surface area contributed by atoms with Gasteiger partial charge in [0.1, 0.15) is 5.70 Å². The van der Waals surface area contributed by atoms with Crippen LogP contribution in [0, 0.1) is 0 Å². The van der Waals surface area contributed by atoms with Crippen LogP contribution in [0.4, 0.5) is 0 Å². The highest BCUT2D eigenvalue weighted by Crippen LogP contribution is 2.02. The third-order valence-corrected chi connectivity index (χ3v) is 2.63. The summed E-state index contributed by atoms with van der Waals surface area (Å²) in [5.74, 6) is -1.47. The number of halogens is 2. The van der Waals surface area contributed by atoms with Crippen molar-refractivity contribution in [2.75, 3.05) is 10.7 Å². The Hall–Kier alpha value is -0.360. The van der Waals surface area contributed by atoms with Crippen LogP contribution in [0.25, 0.3) is 0 Å². The quantitative estimate of drug-likeness (QED) is 0.422. The maximum Gasteiger partial charge on any atom is 0.352 e. The van der Waals surface area contributed by atoms with Gasteiger partial charge in [0.25, 0.3) is 0 Å². The van der Waals surface area contributed by atoms with E-state index in [0.717, 1.165) is 18.2 Å². The summed E-state index contributed by atoms with van der Waals surface area (Å²) in [6, 6.07) is 0. The summed E-state index contributed by atoms with van der Waals surface area (Å²) < 4.78 is 0. The smallest absolute Gasteiger partial charge is 0.352 e. The van der Waals surface area contributed by atoms with Gasteiger partial charge in [-0.25, -0.2) is 4.79 Å². The lowest BCUT2D eigenvalue weighted by Gasteiger charge is -2.03. The van der Waals surface area contributed by atoms with E-state index >= 15 is 0 Å². The first-order valence-corrected chi connectivity index (χ1v) is 6.71. The molecule has 0 saturated carbocycles. The molecule has 1 amide bonds. The molecule has 0 heterocycles. The van der Waals surface area contributed by atoms with E-state index < -0.39 is 5.97 Å². The van der Waals surface area contributed by atoms with Gasteiger partial charge in [0, 0.05) is 5.33 Å². The van der Waals surface area contributed by atoms with Crippen LogP contribution >= 0.6 is 31.9 Å². The number of carboxylic acids is 1. The van der Waals surface area contributed by atoms with Crippen LogP contribution in [0.5, 0.6) is 0 Å². The molecule has 0 saturated heterocycles. The van der Waals surface area contributed by atoms with E-state index in [0.29, 0.717) is 6.42 Å². The highest BCUT2D eigenvalue weighted by molar-refractivity contribution is 9.09. The molecule has 0 aliphatic heterocycles. The third kappa shape index (κ3) is 7.56. The fourth-order valence-corrected chi connectivity index (χ4v) is 1.40. The number of hydrogen-bond acceptors (Lipinski definition) is 2. The minimum absolute atomic E-state index is 0.0472. The Balaban J connectivity index is 4.13. The molecule has 0 aromatic heterocycles. The summed E-state index contributed by atoms with van der Waals surface area (Å²) in [5, 5.41) is 12.1. The molecule has 0 unspecified atom stereocenters. The Morgan fingerprint density at radius 1 is 1.27 bits per heavy atom. The molecule has 0 bridgehead atoms. The molecule has 4 nitrogen and oxygen atoms in total. The normalized spacial score (nSPS) is 11.2. The number of aliphatic carboxylic acids is 1. The largest absolute Gasteiger partial charge is 0.477 e. The molecule has 0 aliphatic carbocycles. The van der Waals surface area contributed by atoms with E-state index in [9.17, 15) is 9.59 Å². The summed E-state index contributed by atoms with van der Waals surface area (Å²) in [6.07, 6.45) is 4.06. The van der Waals surface area contributed by atoms with Crippen molar-refractivity contribution in [1.29, 1.82) is 0 Å². The van der Waals surface area contributed by atoms with Crippen LogP contribution in [0.2, 0.25) is 0 Å². The van der Waals surface area contributed by atoms with Crippen molar-refractivity contribution in [3.8, 4) is 0 Å². The predicted molar refractivity (Wildman–Crippen MR) is 65.3 cm³/mol. The zero-order chi connectivity index (χ0) is 11.7. The number of carbonyl (C=O) groups excluding carboxylic acids is 1. The first-order valence-electron chi connectivity index (χ1n) is 4.47. The fraction of sp³-hybridized carbons (Fsp3) is 0.556. The summed E-state index contributed by atoms with van der Waals surface area (Å²) in [4.78, 5) is 21.7. The van der Waals surface area contributed by atoms with Gasteiger partial charge in [-0.2, -0.15) is 0 Å². The van der Waals surface area contributed by atoms with Gasteiger partial charge in [-0.05, 0) is 19.3 Å². The lowest BCUT2D eigenvalue weighted by Crippen LogP contribution is -2.28. The average molecular weight is 343 g/mol. The molecule has 0 rings (SSSR count). The molecule has 6 heteroatoms. The van der Waals surface area contributed by atoms with Gasteiger partial charge in [-0.15, -0.1) is 0 Å². The van der Waals surface area contributed by atoms with Gasteiger partial charge in [0.15, 0.2) is 0 Å². The average Bonchev–Trinajstić information content (AvgIpc) is 2.21. The monoisotopic (exact) mass is 341 g/mol. The van der Waals surface area contributed by atoms with E-state index in [-0.39, 0.29) is 16.9 Å². The standard InChI is InChI=1S/C9H13Br2NO3/c10-5-3-1-2-4-7(9(14)15)12-8(13)6-11/h4H,1-3,5-6H2,(H,12,13)(H,14,15)/b7-4-. The summed E-state index contributed by atoms with van der Waals surface area (Å²) in [6.45, 7) is 0. The number of hydrogen-bond donors (Lipinski definition) is 2. The number of amides is 1. The number of rotatable bonds is 7. The second kappa shape index (κ2) is 8.91. The van der Waals surface area contributed by atoms with E-state index in [2.05, 4.69) is 37.2 Å². The van der Waals surface area contributed by atoms with Crippen molar-refractivity contribution in [2.45, 2.75) is 19.3 Å². The maximum absolute atomic E-state index is 10.9. The van der Waals surface area contributed by atoms with Crippen LogP contribution in [0.3, 0.4) is 0 Å².